The zero-order valence-electron chi connectivity index (χ0n) is 10.1. The summed E-state index contributed by atoms with van der Waals surface area (Å²) in [6.45, 7) is 2.68. The van der Waals surface area contributed by atoms with Crippen LogP contribution in [-0.2, 0) is 4.79 Å². The Morgan fingerprint density at radius 3 is 2.76 bits per heavy atom. The molecule has 0 saturated heterocycles. The third-order valence-corrected chi connectivity index (χ3v) is 2.42. The minimum atomic E-state index is -0.591. The number of carbonyl (C=O) groups excluding carboxylic acids is 1. The summed E-state index contributed by atoms with van der Waals surface area (Å²) < 4.78 is 4.93. The fraction of sp³-hybridized carbons (Fsp3) is 0.417. The maximum atomic E-state index is 11.3. The molecule has 1 aromatic carbocycles. The largest absolute Gasteiger partial charge is 0.504 e. The summed E-state index contributed by atoms with van der Waals surface area (Å²) in [4.78, 5) is 11.3. The number of nitrogens with two attached hydrogens (primary N) is 1. The van der Waals surface area contributed by atoms with E-state index in [2.05, 4.69) is 5.32 Å². The number of nitrogens with one attached hydrogen (secondary N) is 1. The van der Waals surface area contributed by atoms with Crippen molar-refractivity contribution in [3.05, 3.63) is 23.8 Å². The summed E-state index contributed by atoms with van der Waals surface area (Å²) in [5.74, 6) is -0.106. The number of hydrogen-bond donors (Lipinski definition) is 3. The molecule has 5 heteroatoms. The molecule has 0 saturated carbocycles. The predicted molar refractivity (Wildman–Crippen MR) is 64.9 cm³/mol. The second kappa shape index (κ2) is 6.10. The van der Waals surface area contributed by atoms with Crippen LogP contribution in [0.1, 0.15) is 24.9 Å². The molecule has 0 radical (unpaired) electrons. The Labute approximate surface area is 101 Å². The number of primary amides is 1. The Balaban J connectivity index is 2.94. The highest BCUT2D eigenvalue weighted by Gasteiger charge is 2.18. The molecule has 94 valence electrons. The molecule has 1 atom stereocenters. The molecule has 0 spiro atoms. The van der Waals surface area contributed by atoms with Crippen molar-refractivity contribution in [1.29, 1.82) is 0 Å². The van der Waals surface area contributed by atoms with Gasteiger partial charge in [0.15, 0.2) is 11.5 Å². The number of phenols is 1. The van der Waals surface area contributed by atoms with Gasteiger partial charge in [0.05, 0.1) is 7.11 Å². The van der Waals surface area contributed by atoms with Crippen LogP contribution in [-0.4, -0.2) is 24.7 Å². The Morgan fingerprint density at radius 1 is 1.59 bits per heavy atom. The average molecular weight is 238 g/mol. The minimum Gasteiger partial charge on any atom is -0.504 e. The molecule has 1 amide bonds. The van der Waals surface area contributed by atoms with E-state index in [4.69, 9.17) is 10.5 Å². The van der Waals surface area contributed by atoms with E-state index in [1.807, 2.05) is 6.92 Å². The van der Waals surface area contributed by atoms with Crippen LogP contribution in [0.2, 0.25) is 0 Å². The van der Waals surface area contributed by atoms with Crippen LogP contribution in [0.4, 0.5) is 0 Å². The van der Waals surface area contributed by atoms with Crippen LogP contribution in [0.3, 0.4) is 0 Å². The molecular formula is C12H18N2O3. The summed E-state index contributed by atoms with van der Waals surface area (Å²) in [5.41, 5.74) is 5.94. The summed E-state index contributed by atoms with van der Waals surface area (Å²) in [7, 11) is 1.47. The smallest absolute Gasteiger partial charge is 0.239 e. The molecule has 0 bridgehead atoms. The number of phenolic OH excluding ortho intramolecular Hbond substituents is 1. The van der Waals surface area contributed by atoms with E-state index in [1.54, 1.807) is 12.1 Å². The molecule has 17 heavy (non-hydrogen) atoms. The van der Waals surface area contributed by atoms with Gasteiger partial charge in [0.25, 0.3) is 0 Å². The first kappa shape index (κ1) is 13.3. The van der Waals surface area contributed by atoms with Crippen molar-refractivity contribution in [3.63, 3.8) is 0 Å². The molecule has 0 aliphatic rings. The standard InChI is InChI=1S/C12H18N2O3/c1-3-6-14-11(12(13)16)8-4-5-10(17-2)9(15)7-8/h4-5,7,11,14-15H,3,6H2,1-2H3,(H2,13,16). The second-order valence-corrected chi connectivity index (χ2v) is 3.72. The van der Waals surface area contributed by atoms with E-state index in [9.17, 15) is 9.90 Å². The molecule has 1 unspecified atom stereocenters. The van der Waals surface area contributed by atoms with Gasteiger partial charge in [0.2, 0.25) is 5.91 Å². The van der Waals surface area contributed by atoms with Crippen molar-refractivity contribution in [3.8, 4) is 11.5 Å². The first-order valence-corrected chi connectivity index (χ1v) is 5.49. The zero-order chi connectivity index (χ0) is 12.8. The van der Waals surface area contributed by atoms with E-state index in [0.717, 1.165) is 6.42 Å². The maximum absolute atomic E-state index is 11.3. The Kier molecular flexibility index (Phi) is 4.78. The monoisotopic (exact) mass is 238 g/mol. The van der Waals surface area contributed by atoms with Gasteiger partial charge in [-0.25, -0.2) is 0 Å². The van der Waals surface area contributed by atoms with E-state index >= 15 is 0 Å². The lowest BCUT2D eigenvalue weighted by Crippen LogP contribution is -2.34. The SMILES string of the molecule is CCCNC(C(N)=O)c1ccc(OC)c(O)c1. The number of amides is 1. The van der Waals surface area contributed by atoms with Gasteiger partial charge < -0.3 is 20.9 Å². The zero-order valence-corrected chi connectivity index (χ0v) is 10.1. The van der Waals surface area contributed by atoms with Crippen LogP contribution in [0.5, 0.6) is 11.5 Å². The first-order valence-electron chi connectivity index (χ1n) is 5.49. The van der Waals surface area contributed by atoms with Gasteiger partial charge in [0, 0.05) is 0 Å². The summed E-state index contributed by atoms with van der Waals surface area (Å²) in [5, 5.41) is 12.7. The van der Waals surface area contributed by atoms with Crippen LogP contribution in [0.15, 0.2) is 18.2 Å². The molecule has 1 rings (SSSR count). The highest BCUT2D eigenvalue weighted by molar-refractivity contribution is 5.81. The van der Waals surface area contributed by atoms with Gasteiger partial charge in [-0.1, -0.05) is 13.0 Å². The Morgan fingerprint density at radius 2 is 2.29 bits per heavy atom. The van der Waals surface area contributed by atoms with Gasteiger partial charge in [-0.2, -0.15) is 0 Å². The fourth-order valence-electron chi connectivity index (χ4n) is 1.56. The molecule has 0 aromatic heterocycles. The number of benzene rings is 1. The number of carbonyl (C=O) groups is 1. The first-order chi connectivity index (χ1) is 8.10. The van der Waals surface area contributed by atoms with E-state index in [0.29, 0.717) is 17.9 Å². The van der Waals surface area contributed by atoms with E-state index in [1.165, 1.54) is 13.2 Å². The topological polar surface area (TPSA) is 84.6 Å². The van der Waals surface area contributed by atoms with Gasteiger partial charge >= 0.3 is 0 Å². The van der Waals surface area contributed by atoms with Crippen molar-refractivity contribution >= 4 is 5.91 Å². The van der Waals surface area contributed by atoms with E-state index in [-0.39, 0.29) is 5.75 Å². The number of ether oxygens (including phenoxy) is 1. The fourth-order valence-corrected chi connectivity index (χ4v) is 1.56. The van der Waals surface area contributed by atoms with Crippen molar-refractivity contribution in [2.45, 2.75) is 19.4 Å². The highest BCUT2D eigenvalue weighted by Crippen LogP contribution is 2.28. The number of rotatable bonds is 6. The molecule has 0 heterocycles. The Hall–Kier alpha value is -1.75. The molecule has 5 nitrogen and oxygen atoms in total. The van der Waals surface area contributed by atoms with Crippen LogP contribution < -0.4 is 15.8 Å². The molecular weight excluding hydrogens is 220 g/mol. The molecule has 0 aliphatic carbocycles. The predicted octanol–water partition coefficient (Wildman–Crippen LogP) is 0.927. The molecule has 0 fully saturated rings. The number of aromatic hydroxyl groups is 1. The van der Waals surface area contributed by atoms with E-state index < -0.39 is 11.9 Å². The molecule has 4 N–H and O–H groups in total. The quantitative estimate of drug-likeness (QED) is 0.688. The minimum absolute atomic E-state index is 0.00505. The Bertz CT molecular complexity index is 393. The van der Waals surface area contributed by atoms with Gasteiger partial charge in [-0.05, 0) is 30.7 Å². The second-order valence-electron chi connectivity index (χ2n) is 3.72. The highest BCUT2D eigenvalue weighted by atomic mass is 16.5. The summed E-state index contributed by atoms with van der Waals surface area (Å²) in [6, 6.07) is 4.20. The number of hydrogen-bond acceptors (Lipinski definition) is 4. The average Bonchev–Trinajstić information content (AvgIpc) is 2.29. The lowest BCUT2D eigenvalue weighted by molar-refractivity contribution is -0.120. The van der Waals surface area contributed by atoms with Crippen LogP contribution in [0, 0.1) is 0 Å². The molecule has 1 aromatic rings. The molecule has 0 aliphatic heterocycles. The third-order valence-electron chi connectivity index (χ3n) is 2.42. The van der Waals surface area contributed by atoms with Gasteiger partial charge in [0.1, 0.15) is 6.04 Å². The lowest BCUT2D eigenvalue weighted by atomic mass is 10.1. The van der Waals surface area contributed by atoms with Crippen molar-refractivity contribution in [2.75, 3.05) is 13.7 Å². The van der Waals surface area contributed by atoms with Crippen molar-refractivity contribution < 1.29 is 14.6 Å². The normalized spacial score (nSPS) is 12.1. The third kappa shape index (κ3) is 3.35. The van der Waals surface area contributed by atoms with Crippen molar-refractivity contribution in [2.24, 2.45) is 5.73 Å². The van der Waals surface area contributed by atoms with Gasteiger partial charge in [-0.3, -0.25) is 4.79 Å². The summed E-state index contributed by atoms with van der Waals surface area (Å²) >= 11 is 0. The summed E-state index contributed by atoms with van der Waals surface area (Å²) in [6.07, 6.45) is 0.895. The van der Waals surface area contributed by atoms with Gasteiger partial charge in [-0.15, -0.1) is 0 Å². The van der Waals surface area contributed by atoms with Crippen LogP contribution >= 0.6 is 0 Å². The number of methoxy groups -OCH3 is 1. The lowest BCUT2D eigenvalue weighted by Gasteiger charge is -2.16. The van der Waals surface area contributed by atoms with Crippen LogP contribution in [0.25, 0.3) is 0 Å². The van der Waals surface area contributed by atoms with Crippen molar-refractivity contribution in [1.82, 2.24) is 5.32 Å². The maximum Gasteiger partial charge on any atom is 0.239 e.